The number of fused-ring (bicyclic) bond motifs is 2. The Kier molecular flexibility index (Phi) is 14.5. The third-order valence-corrected chi connectivity index (χ3v) is 4.59. The van der Waals surface area contributed by atoms with Gasteiger partial charge in [-0.2, -0.15) is 24.3 Å². The van der Waals surface area contributed by atoms with Crippen molar-refractivity contribution in [2.75, 3.05) is 0 Å². The molecule has 2 aromatic rings. The van der Waals surface area contributed by atoms with Crippen LogP contribution in [0.2, 0.25) is 0 Å². The van der Waals surface area contributed by atoms with Gasteiger partial charge in [0.05, 0.1) is 0 Å². The van der Waals surface area contributed by atoms with Crippen molar-refractivity contribution in [3.8, 4) is 11.8 Å². The molecule has 32 heavy (non-hydrogen) atoms. The van der Waals surface area contributed by atoms with Crippen LogP contribution >= 0.6 is 29.5 Å². The molecule has 0 radical (unpaired) electrons. The molecule has 0 aromatic heterocycles. The van der Waals surface area contributed by atoms with E-state index in [2.05, 4.69) is 35.9 Å². The van der Waals surface area contributed by atoms with E-state index in [-0.39, 0.29) is 41.5 Å². The van der Waals surface area contributed by atoms with Gasteiger partial charge in [-0.15, -0.1) is 5.56 Å². The Morgan fingerprint density at radius 2 is 2.06 bits per heavy atom. The molecule has 164 valence electrons. The molecule has 12 heteroatoms. The predicted molar refractivity (Wildman–Crippen MR) is 131 cm³/mol. The average molecular weight is 595 g/mol. The van der Waals surface area contributed by atoms with Crippen LogP contribution in [0.25, 0.3) is 0 Å². The molecule has 1 amide bonds. The summed E-state index contributed by atoms with van der Waals surface area (Å²) >= 11 is 1.80. The third kappa shape index (κ3) is 12.4. The normalized spacial score (nSPS) is 14.5. The Hall–Kier alpha value is -0.815. The molecule has 0 aliphatic heterocycles. The molecule has 3 N–H and O–H groups in total. The number of thiol groups is 1. The zero-order valence-electron chi connectivity index (χ0n) is 18.3. The molecule has 0 heterocycles. The number of amides is 1. The van der Waals surface area contributed by atoms with E-state index in [1.54, 1.807) is 21.2 Å². The van der Waals surface area contributed by atoms with E-state index in [1.165, 1.54) is 6.08 Å². The van der Waals surface area contributed by atoms with Gasteiger partial charge in [0.2, 0.25) is 16.3 Å². The number of aryl methyl sites for hydroxylation is 1. The van der Waals surface area contributed by atoms with E-state index in [1.807, 2.05) is 37.3 Å². The second-order valence-corrected chi connectivity index (χ2v) is 8.79. The molecule has 0 saturated heterocycles. The van der Waals surface area contributed by atoms with Crippen molar-refractivity contribution in [3.05, 3.63) is 82.9 Å². The summed E-state index contributed by atoms with van der Waals surface area (Å²) in [5.74, 6) is 6.28. The van der Waals surface area contributed by atoms with Crippen molar-refractivity contribution in [1.82, 2.24) is 5.32 Å². The summed E-state index contributed by atoms with van der Waals surface area (Å²) in [6.45, 7) is 5.58. The molecular weight excluding hydrogens is 575 g/mol. The molecule has 7 nitrogen and oxygen atoms in total. The van der Waals surface area contributed by atoms with Crippen LogP contribution in [0, 0.1) is 24.8 Å². The maximum Gasteiger partial charge on any atom is 1.00 e. The van der Waals surface area contributed by atoms with Gasteiger partial charge < -0.3 is 9.87 Å². The number of carbonyl (C=O) groups excluding carboxylic acids is 1. The van der Waals surface area contributed by atoms with E-state index < -0.39 is 18.7 Å². The van der Waals surface area contributed by atoms with Gasteiger partial charge in [-0.25, -0.2) is 8.42 Å². The number of rotatable bonds is 2. The molecule has 1 aliphatic carbocycles. The standard InChI is InChI=1S/C20H16NO.BH2IOS.Na.H2O4S/c1-3-20(22)21-19-13-17-7-5-4-6-15(17)10-11-16-9-8-14(2)12-18(16)19;2-4-1-3;;1-5(2,3)4/h3-4,6-9,12,19H,1,13H2,2H3,(H,21,22);3-4H;;(H2,1,2,3,4)/q-1;;+1;/p-1/i;4D;;. The van der Waals surface area contributed by atoms with Gasteiger partial charge in [0.1, 0.15) is 0 Å². The Balaban J connectivity index is 0.000000790. The fourth-order valence-corrected chi connectivity index (χ4v) is 2.66. The largest absolute Gasteiger partial charge is 1.00 e. The number of halogens is 1. The molecule has 0 saturated carbocycles. The third-order valence-electron chi connectivity index (χ3n) is 3.83. The van der Waals surface area contributed by atoms with Gasteiger partial charge in [0.25, 0.3) is 0 Å². The van der Waals surface area contributed by atoms with Crippen LogP contribution in [0.4, 0.5) is 0 Å². The summed E-state index contributed by atoms with van der Waals surface area (Å²) in [6.07, 6.45) is 2.84. The SMILES string of the molecule is C=CC(=O)NC1Cc2c[c-]ccc2C#Cc2ccc(C)cc21.O=S(=O)([O-])O.[2H]S(I)=BO.[Na+]. The van der Waals surface area contributed by atoms with Crippen molar-refractivity contribution < 1.29 is 56.9 Å². The predicted octanol–water partition coefficient (Wildman–Crippen LogP) is -0.569. The summed E-state index contributed by atoms with van der Waals surface area (Å²) in [6, 6.07) is 14.9. The molecule has 3 rings (SSSR count). The quantitative estimate of drug-likeness (QED) is 0.0539. The van der Waals surface area contributed by atoms with Gasteiger partial charge in [0, 0.05) is 11.6 Å². The van der Waals surface area contributed by atoms with E-state index in [9.17, 15) is 4.79 Å². The van der Waals surface area contributed by atoms with E-state index >= 15 is 0 Å². The van der Waals surface area contributed by atoms with E-state index in [0.717, 1.165) is 34.2 Å². The number of hydrogen-bond acceptors (Lipinski definition) is 4. The number of hydrogen-bond donors (Lipinski definition) is 4. The van der Waals surface area contributed by atoms with E-state index in [0.29, 0.717) is 6.42 Å². The van der Waals surface area contributed by atoms with Crippen LogP contribution in [0.3, 0.4) is 0 Å². The average Bonchev–Trinajstić information content (AvgIpc) is 2.71. The van der Waals surface area contributed by atoms with Gasteiger partial charge in [-0.3, -0.25) is 9.35 Å². The number of nitrogens with one attached hydrogen (secondary N) is 1. The van der Waals surface area contributed by atoms with Crippen LogP contribution in [-0.4, -0.2) is 35.9 Å². The van der Waals surface area contributed by atoms with Gasteiger partial charge in [-0.05, 0) is 31.1 Å². The fourth-order valence-electron chi connectivity index (χ4n) is 2.66. The van der Waals surface area contributed by atoms with Crippen LogP contribution in [0.5, 0.6) is 0 Å². The van der Waals surface area contributed by atoms with Crippen LogP contribution < -0.4 is 34.9 Å². The molecular formula is C20H19BINNaO6S2-. The molecule has 1 aliphatic rings. The van der Waals surface area contributed by atoms with Gasteiger partial charge >= 0.3 is 71.5 Å². The maximum atomic E-state index is 11.8. The number of benzene rings is 2. The number of carbonyl (C=O) groups is 1. The minimum atomic E-state index is -4.92. The molecule has 2 atom stereocenters. The Bertz CT molecular complexity index is 1170. The minimum absolute atomic E-state index is 0. The second-order valence-electron chi connectivity index (χ2n) is 6.02. The van der Waals surface area contributed by atoms with Crippen molar-refractivity contribution >= 4 is 52.1 Å². The first kappa shape index (κ1) is 29.2. The first-order valence-corrected chi connectivity index (χ1v) is 13.3. The molecule has 2 aromatic carbocycles. The van der Waals surface area contributed by atoms with Crippen LogP contribution in [0.15, 0.2) is 49.1 Å². The van der Waals surface area contributed by atoms with Crippen LogP contribution in [-0.2, 0) is 21.6 Å². The monoisotopic (exact) mass is 595 g/mol. The summed E-state index contributed by atoms with van der Waals surface area (Å²) in [4.78, 5) is 11.8. The van der Waals surface area contributed by atoms with Crippen LogP contribution in [0.1, 0.15) is 33.9 Å². The van der Waals surface area contributed by atoms with Crippen molar-refractivity contribution in [3.63, 3.8) is 0 Å². The fraction of sp³-hybridized carbons (Fsp3) is 0.150. The second kappa shape index (κ2) is 15.9. The molecule has 0 bridgehead atoms. The summed E-state index contributed by atoms with van der Waals surface area (Å²) in [5, 5.41) is 10.9. The summed E-state index contributed by atoms with van der Waals surface area (Å²) in [5.41, 5.74) is 5.24. The Morgan fingerprint density at radius 3 is 2.62 bits per heavy atom. The van der Waals surface area contributed by atoms with Crippen molar-refractivity contribution in [2.24, 2.45) is 0 Å². The van der Waals surface area contributed by atoms with E-state index in [4.69, 9.17) is 23.7 Å². The first-order valence-electron chi connectivity index (χ1n) is 8.96. The zero-order valence-corrected chi connectivity index (χ0v) is 23.1. The topological polar surface area (TPSA) is 127 Å². The maximum absolute atomic E-state index is 11.8. The van der Waals surface area contributed by atoms with Crippen molar-refractivity contribution in [1.29, 1.82) is 1.12 Å². The summed E-state index contributed by atoms with van der Waals surface area (Å²) in [7, 11) is -5.59. The molecule has 0 fully saturated rings. The van der Waals surface area contributed by atoms with Gasteiger partial charge in [-0.1, -0.05) is 41.7 Å². The smallest absolute Gasteiger partial charge is 1.00 e. The Morgan fingerprint density at radius 1 is 1.47 bits per heavy atom. The Labute approximate surface area is 227 Å². The minimum Gasteiger partial charge on any atom is 1.00 e. The first-order chi connectivity index (χ1) is 14.9. The molecule has 0 spiro atoms. The van der Waals surface area contributed by atoms with Gasteiger partial charge in [0.15, 0.2) is 0 Å². The summed E-state index contributed by atoms with van der Waals surface area (Å²) < 4.78 is 39.4. The van der Waals surface area contributed by atoms with Crippen molar-refractivity contribution in [2.45, 2.75) is 19.4 Å². The zero-order chi connectivity index (χ0) is 24.3. The molecule has 2 unspecified atom stereocenters.